The van der Waals surface area contributed by atoms with Crippen LogP contribution in [0.25, 0.3) is 0 Å². The third-order valence-corrected chi connectivity index (χ3v) is 4.37. The standard InChI is InChI=1S/C12H14N2O6S/c15-8-4-5-9-19-11-12(14(16)20-13-11)21(17,18)10-6-2-1-3-7-10/h1-3,6-7,15H,4-5,8-9H2. The Morgan fingerprint density at radius 1 is 1.29 bits per heavy atom. The average molecular weight is 314 g/mol. The summed E-state index contributed by atoms with van der Waals surface area (Å²) in [5, 5.41) is 22.8. The SMILES string of the molecule is O=S(=O)(c1ccccc1)c1c(OCCCCO)no[n+]1[O-]. The molecule has 0 spiro atoms. The van der Waals surface area contributed by atoms with Crippen LogP contribution in [0.4, 0.5) is 0 Å². The minimum atomic E-state index is -4.08. The van der Waals surface area contributed by atoms with E-state index in [0.29, 0.717) is 12.8 Å². The fourth-order valence-electron chi connectivity index (χ4n) is 1.62. The van der Waals surface area contributed by atoms with Crippen LogP contribution in [0, 0.1) is 5.21 Å². The molecule has 0 saturated carbocycles. The first-order valence-corrected chi connectivity index (χ1v) is 7.69. The van der Waals surface area contributed by atoms with E-state index in [1.165, 1.54) is 24.3 Å². The zero-order chi connectivity index (χ0) is 15.3. The second-order valence-electron chi connectivity index (χ2n) is 4.14. The predicted octanol–water partition coefficient (Wildman–Crippen LogP) is 0.292. The molecule has 21 heavy (non-hydrogen) atoms. The Bertz CT molecular complexity index is 683. The van der Waals surface area contributed by atoms with Crippen LogP contribution in [0.3, 0.4) is 0 Å². The van der Waals surface area contributed by atoms with E-state index in [0.717, 1.165) is 0 Å². The first-order valence-electron chi connectivity index (χ1n) is 6.21. The molecule has 1 N–H and O–H groups in total. The number of benzene rings is 1. The van der Waals surface area contributed by atoms with E-state index in [1.54, 1.807) is 6.07 Å². The Morgan fingerprint density at radius 3 is 2.67 bits per heavy atom. The van der Waals surface area contributed by atoms with Gasteiger partial charge in [0, 0.05) is 6.61 Å². The van der Waals surface area contributed by atoms with E-state index < -0.39 is 14.9 Å². The van der Waals surface area contributed by atoms with Crippen molar-refractivity contribution in [1.29, 1.82) is 0 Å². The molecule has 1 heterocycles. The molecule has 0 aliphatic rings. The molecule has 0 aliphatic heterocycles. The van der Waals surface area contributed by atoms with Crippen LogP contribution in [-0.2, 0) is 9.84 Å². The molecule has 0 aliphatic carbocycles. The largest absolute Gasteiger partial charge is 0.454 e. The number of aliphatic hydroxyl groups excluding tert-OH is 1. The highest BCUT2D eigenvalue weighted by Crippen LogP contribution is 2.24. The van der Waals surface area contributed by atoms with Crippen molar-refractivity contribution in [2.45, 2.75) is 22.8 Å². The molecular weight excluding hydrogens is 300 g/mol. The molecule has 1 aromatic carbocycles. The van der Waals surface area contributed by atoms with Crippen molar-refractivity contribution >= 4 is 9.84 Å². The van der Waals surface area contributed by atoms with Crippen molar-refractivity contribution in [2.24, 2.45) is 0 Å². The maximum atomic E-state index is 12.4. The summed E-state index contributed by atoms with van der Waals surface area (Å²) in [4.78, 5) is -0.248. The first-order chi connectivity index (χ1) is 10.1. The molecule has 8 nitrogen and oxygen atoms in total. The molecule has 2 aromatic rings. The van der Waals surface area contributed by atoms with Gasteiger partial charge in [0.2, 0.25) is 0 Å². The number of aromatic nitrogens is 2. The second-order valence-corrected chi connectivity index (χ2v) is 6.00. The minimum Gasteiger partial charge on any atom is -0.454 e. The van der Waals surface area contributed by atoms with Gasteiger partial charge in [-0.05, 0) is 29.9 Å². The number of hydrogen-bond donors (Lipinski definition) is 1. The maximum absolute atomic E-state index is 12.4. The third kappa shape index (κ3) is 3.31. The molecule has 0 bridgehead atoms. The van der Waals surface area contributed by atoms with Crippen LogP contribution in [0.15, 0.2) is 44.9 Å². The summed E-state index contributed by atoms with van der Waals surface area (Å²) in [5.74, 6) is -0.383. The minimum absolute atomic E-state index is 0.00109. The Kier molecular flexibility index (Phi) is 4.76. The smallest absolute Gasteiger partial charge is 0.414 e. The van der Waals surface area contributed by atoms with Crippen molar-refractivity contribution in [3.05, 3.63) is 35.5 Å². The van der Waals surface area contributed by atoms with Crippen molar-refractivity contribution in [3.63, 3.8) is 0 Å². The van der Waals surface area contributed by atoms with E-state index in [2.05, 4.69) is 9.79 Å². The molecule has 2 rings (SSSR count). The molecule has 0 fully saturated rings. The van der Waals surface area contributed by atoms with Gasteiger partial charge in [-0.2, -0.15) is 0 Å². The van der Waals surface area contributed by atoms with Crippen LogP contribution >= 0.6 is 0 Å². The first kappa shape index (κ1) is 15.3. The van der Waals surface area contributed by atoms with Gasteiger partial charge in [0.15, 0.2) is 0 Å². The normalized spacial score (nSPS) is 11.5. The van der Waals surface area contributed by atoms with Gasteiger partial charge in [-0.1, -0.05) is 18.2 Å². The average Bonchev–Trinajstić information content (AvgIpc) is 2.86. The molecule has 1 aromatic heterocycles. The van der Waals surface area contributed by atoms with Crippen molar-refractivity contribution in [1.82, 2.24) is 5.16 Å². The van der Waals surface area contributed by atoms with Crippen LogP contribution < -0.4 is 9.64 Å². The zero-order valence-corrected chi connectivity index (χ0v) is 11.8. The Labute approximate surface area is 121 Å². The van der Waals surface area contributed by atoms with Gasteiger partial charge in [0.1, 0.15) is 0 Å². The number of sulfone groups is 1. The van der Waals surface area contributed by atoms with E-state index >= 15 is 0 Å². The molecule has 9 heteroatoms. The quantitative estimate of drug-likeness (QED) is 0.576. The molecule has 0 amide bonds. The van der Waals surface area contributed by atoms with Crippen LogP contribution in [-0.4, -0.2) is 31.9 Å². The van der Waals surface area contributed by atoms with Crippen LogP contribution in [0.1, 0.15) is 12.8 Å². The van der Waals surface area contributed by atoms with E-state index in [1.807, 2.05) is 0 Å². The monoisotopic (exact) mass is 314 g/mol. The molecule has 0 saturated heterocycles. The van der Waals surface area contributed by atoms with Gasteiger partial charge in [-0.25, -0.2) is 8.42 Å². The summed E-state index contributed by atoms with van der Waals surface area (Å²) in [5.41, 5.74) is 0. The van der Waals surface area contributed by atoms with Crippen molar-refractivity contribution < 1.29 is 27.8 Å². The topological polar surface area (TPSA) is 117 Å². The fourth-order valence-corrected chi connectivity index (χ4v) is 2.92. The van der Waals surface area contributed by atoms with Crippen LogP contribution in [0.5, 0.6) is 5.88 Å². The molecule has 0 radical (unpaired) electrons. The van der Waals surface area contributed by atoms with E-state index in [9.17, 15) is 13.6 Å². The number of ether oxygens (including phenoxy) is 1. The van der Waals surface area contributed by atoms with E-state index in [4.69, 9.17) is 9.84 Å². The van der Waals surface area contributed by atoms with Crippen LogP contribution in [0.2, 0.25) is 0 Å². The Morgan fingerprint density at radius 2 is 2.00 bits per heavy atom. The second kappa shape index (κ2) is 6.55. The Balaban J connectivity index is 2.29. The third-order valence-electron chi connectivity index (χ3n) is 2.65. The van der Waals surface area contributed by atoms with Crippen molar-refractivity contribution in [3.8, 4) is 5.88 Å². The number of nitrogens with zero attached hydrogens (tertiary/aromatic N) is 2. The summed E-state index contributed by atoms with van der Waals surface area (Å²) in [7, 11) is -4.08. The lowest BCUT2D eigenvalue weighted by Gasteiger charge is -2.02. The number of unbranched alkanes of at least 4 members (excludes halogenated alkanes) is 1. The number of aliphatic hydroxyl groups is 1. The maximum Gasteiger partial charge on any atom is 0.414 e. The number of hydrogen-bond acceptors (Lipinski definition) is 7. The summed E-state index contributed by atoms with van der Waals surface area (Å²) >= 11 is 0. The van der Waals surface area contributed by atoms with Gasteiger partial charge in [0.25, 0.3) is 9.84 Å². The fraction of sp³-hybridized carbons (Fsp3) is 0.333. The highest BCUT2D eigenvalue weighted by Gasteiger charge is 2.35. The lowest BCUT2D eigenvalue weighted by atomic mass is 10.3. The van der Waals surface area contributed by atoms with Gasteiger partial charge >= 0.3 is 10.9 Å². The van der Waals surface area contributed by atoms with E-state index in [-0.39, 0.29) is 28.9 Å². The van der Waals surface area contributed by atoms with Gasteiger partial charge in [-0.3, -0.25) is 4.63 Å². The summed E-state index contributed by atoms with van der Waals surface area (Å²) in [6, 6.07) is 7.45. The molecule has 0 atom stereocenters. The molecular formula is C12H14N2O6S. The highest BCUT2D eigenvalue weighted by atomic mass is 32.2. The molecule has 0 unspecified atom stereocenters. The van der Waals surface area contributed by atoms with Gasteiger partial charge in [-0.15, -0.1) is 0 Å². The Hall–Kier alpha value is -2.13. The predicted molar refractivity (Wildman–Crippen MR) is 69.2 cm³/mol. The van der Waals surface area contributed by atoms with Gasteiger partial charge in [0.05, 0.1) is 16.7 Å². The summed E-state index contributed by atoms with van der Waals surface area (Å²) < 4.78 is 34.2. The van der Waals surface area contributed by atoms with Crippen molar-refractivity contribution in [2.75, 3.05) is 13.2 Å². The molecule has 114 valence electrons. The zero-order valence-electron chi connectivity index (χ0n) is 11.0. The van der Waals surface area contributed by atoms with Gasteiger partial charge < -0.3 is 15.1 Å². The number of rotatable bonds is 7. The lowest BCUT2D eigenvalue weighted by Crippen LogP contribution is -2.30. The lowest BCUT2D eigenvalue weighted by molar-refractivity contribution is -0.832. The summed E-state index contributed by atoms with van der Waals surface area (Å²) in [6.45, 7) is 0.114. The summed E-state index contributed by atoms with van der Waals surface area (Å²) in [6.07, 6.45) is 0.989. The highest BCUT2D eigenvalue weighted by molar-refractivity contribution is 7.91.